The maximum absolute atomic E-state index is 11.6. The molecule has 1 aromatic rings. The van der Waals surface area contributed by atoms with Crippen molar-refractivity contribution in [2.45, 2.75) is 18.7 Å². The molecule has 0 bridgehead atoms. The van der Waals surface area contributed by atoms with Gasteiger partial charge in [0.1, 0.15) is 0 Å². The molecule has 6 heteroatoms. The molecule has 0 radical (unpaired) electrons. The molecular weight excluding hydrogens is 226 g/mol. The first kappa shape index (κ1) is 19.4. The van der Waals surface area contributed by atoms with E-state index in [0.29, 0.717) is 0 Å². The van der Waals surface area contributed by atoms with Crippen molar-refractivity contribution in [3.63, 3.8) is 0 Å². The van der Waals surface area contributed by atoms with E-state index in [1.165, 1.54) is 19.1 Å². The fraction of sp³-hybridized carbons (Fsp3) is 0.273. The van der Waals surface area contributed by atoms with Gasteiger partial charge in [-0.1, -0.05) is 24.6 Å². The van der Waals surface area contributed by atoms with E-state index in [-0.39, 0.29) is 48.2 Å². The Hall–Kier alpha value is 0.0648. The molecule has 1 rings (SSSR count). The topological polar surface area (TPSA) is 57.2 Å². The summed E-state index contributed by atoms with van der Waals surface area (Å²) >= 11 is 0. The van der Waals surface area contributed by atoms with Gasteiger partial charge >= 0.3 is 37.7 Å². The van der Waals surface area contributed by atoms with Crippen LogP contribution in [0.3, 0.4) is 0 Å². The van der Waals surface area contributed by atoms with Crippen LogP contribution in [0.5, 0.6) is 0 Å². The van der Waals surface area contributed by atoms with E-state index in [1.807, 2.05) is 6.92 Å². The van der Waals surface area contributed by atoms with Crippen LogP contribution in [0.1, 0.15) is 12.5 Å². The van der Waals surface area contributed by atoms with Gasteiger partial charge in [0.25, 0.3) is 0 Å². The fourth-order valence-corrected chi connectivity index (χ4v) is 2.17. The average molecular weight is 238 g/mol. The molecule has 0 atom stereocenters. The third-order valence-electron chi connectivity index (χ3n) is 1.86. The van der Waals surface area contributed by atoms with Gasteiger partial charge in [-0.25, -0.2) is 0 Å². The molecule has 0 aliphatic carbocycles. The Kier molecular flexibility index (Phi) is 9.38. The predicted molar refractivity (Wildman–Crippen MR) is 55.7 cm³/mol. The van der Waals surface area contributed by atoms with Crippen LogP contribution in [0.2, 0.25) is 0 Å². The minimum absolute atomic E-state index is 0. The van der Waals surface area contributed by atoms with Crippen LogP contribution in [-0.2, 0) is 9.84 Å². The smallest absolute Gasteiger partial charge is 0.853 e. The quantitative estimate of drug-likeness (QED) is 0.391. The van der Waals surface area contributed by atoms with Gasteiger partial charge in [0.2, 0.25) is 0 Å². The molecule has 0 saturated carbocycles. The van der Waals surface area contributed by atoms with E-state index in [0.717, 1.165) is 5.56 Å². The first-order valence-corrected chi connectivity index (χ1v) is 5.94. The average Bonchev–Trinajstić information content (AvgIpc) is 2.17. The second-order valence-corrected chi connectivity index (χ2v) is 5.03. The van der Waals surface area contributed by atoms with Crippen LogP contribution in [0.25, 0.3) is 0 Å². The van der Waals surface area contributed by atoms with Gasteiger partial charge in [-0.2, -0.15) is 6.61 Å². The molecule has 0 saturated heterocycles. The van der Waals surface area contributed by atoms with E-state index >= 15 is 0 Å². The Morgan fingerprint density at radius 1 is 1.24 bits per heavy atom. The summed E-state index contributed by atoms with van der Waals surface area (Å²) in [4.78, 5) is 0.168. The third-order valence-corrected chi connectivity index (χ3v) is 3.37. The summed E-state index contributed by atoms with van der Waals surface area (Å²) in [7, 11) is -3.58. The summed E-state index contributed by atoms with van der Waals surface area (Å²) in [5.41, 5.74) is 1.18. The Balaban J connectivity index is 0. The molecule has 0 heterocycles. The summed E-state index contributed by atoms with van der Waals surface area (Å²) in [6, 6.07) is 6.44. The third kappa shape index (κ3) is 5.97. The molecule has 82 valence electrons. The molecule has 0 spiro atoms. The SMILES string of the molecule is CC(=[C-]S(=O)(=O)c1ccc(C)cc1)C[O-].[Li+].[Li+]. The van der Waals surface area contributed by atoms with E-state index in [2.05, 4.69) is 5.41 Å². The molecule has 0 N–H and O–H groups in total. The summed E-state index contributed by atoms with van der Waals surface area (Å²) in [6.07, 6.45) is 0. The number of hydrogen-bond acceptors (Lipinski definition) is 3. The van der Waals surface area contributed by atoms with Crippen molar-refractivity contribution in [2.24, 2.45) is 0 Å². The van der Waals surface area contributed by atoms with Crippen LogP contribution in [-0.4, -0.2) is 15.0 Å². The van der Waals surface area contributed by atoms with Gasteiger partial charge in [0, 0.05) is 14.7 Å². The normalized spacial score (nSPS) is 11.4. The molecule has 17 heavy (non-hydrogen) atoms. The molecule has 0 aliphatic rings. The summed E-state index contributed by atoms with van der Waals surface area (Å²) in [5.74, 6) is 0. The minimum atomic E-state index is -3.58. The van der Waals surface area contributed by atoms with Crippen LogP contribution in [0.15, 0.2) is 34.7 Å². The summed E-state index contributed by atoms with van der Waals surface area (Å²) < 4.78 is 23.3. The number of aryl methyl sites for hydroxylation is 1. The van der Waals surface area contributed by atoms with Gasteiger partial charge in [0.05, 0.1) is 0 Å². The largest absolute Gasteiger partial charge is 1.00 e. The number of benzene rings is 1. The van der Waals surface area contributed by atoms with Gasteiger partial charge < -0.3 is 10.5 Å². The maximum atomic E-state index is 11.6. The van der Waals surface area contributed by atoms with Crippen molar-refractivity contribution in [1.82, 2.24) is 0 Å². The van der Waals surface area contributed by atoms with Crippen molar-refractivity contribution < 1.29 is 51.2 Å². The summed E-state index contributed by atoms with van der Waals surface area (Å²) in [5, 5.41) is 12.6. The number of sulfone groups is 1. The van der Waals surface area contributed by atoms with Crippen molar-refractivity contribution in [1.29, 1.82) is 0 Å². The van der Waals surface area contributed by atoms with Gasteiger partial charge in [-0.15, -0.1) is 0 Å². The molecule has 1 aromatic carbocycles. The molecule has 0 fully saturated rings. The molecule has 0 unspecified atom stereocenters. The summed E-state index contributed by atoms with van der Waals surface area (Å²) in [6.45, 7) is 2.78. The van der Waals surface area contributed by atoms with Crippen molar-refractivity contribution >= 4 is 9.84 Å². The Labute approximate surface area is 127 Å². The van der Waals surface area contributed by atoms with Gasteiger partial charge in [-0.3, -0.25) is 14.0 Å². The second-order valence-electron chi connectivity index (χ2n) is 3.34. The Morgan fingerprint density at radius 2 is 1.71 bits per heavy atom. The van der Waals surface area contributed by atoms with E-state index in [1.54, 1.807) is 12.1 Å². The van der Waals surface area contributed by atoms with Crippen LogP contribution < -0.4 is 42.8 Å². The van der Waals surface area contributed by atoms with E-state index < -0.39 is 16.4 Å². The Morgan fingerprint density at radius 3 is 2.12 bits per heavy atom. The number of hydrogen-bond donors (Lipinski definition) is 0. The van der Waals surface area contributed by atoms with Crippen molar-refractivity contribution in [2.75, 3.05) is 6.61 Å². The molecule has 0 amide bonds. The Bertz CT molecular complexity index is 464. The molecular formula is C11H12Li2O3S. The molecule has 0 aliphatic heterocycles. The minimum Gasteiger partial charge on any atom is -0.853 e. The van der Waals surface area contributed by atoms with E-state index in [9.17, 15) is 13.5 Å². The zero-order valence-electron chi connectivity index (χ0n) is 10.6. The van der Waals surface area contributed by atoms with Crippen LogP contribution in [0.4, 0.5) is 0 Å². The molecule has 3 nitrogen and oxygen atoms in total. The van der Waals surface area contributed by atoms with Crippen molar-refractivity contribution in [3.8, 4) is 0 Å². The zero-order valence-corrected chi connectivity index (χ0v) is 11.5. The zero-order chi connectivity index (χ0) is 11.5. The first-order valence-electron chi connectivity index (χ1n) is 4.46. The number of rotatable bonds is 3. The second kappa shape index (κ2) is 8.22. The molecule has 0 aromatic heterocycles. The fourth-order valence-electron chi connectivity index (χ4n) is 1.04. The van der Waals surface area contributed by atoms with Crippen molar-refractivity contribution in [3.05, 3.63) is 40.8 Å². The van der Waals surface area contributed by atoms with Gasteiger partial charge in [0.15, 0.2) is 0 Å². The van der Waals surface area contributed by atoms with Gasteiger partial charge in [-0.05, 0) is 19.1 Å². The standard InChI is InChI=1S/C11H12O3S.2Li/c1-9-3-5-11(6-4-9)15(13,14)8-10(2)7-12;;/h3-6H,7H2,1-2H3;;/q-2;2*+1. The predicted octanol–water partition coefficient (Wildman–Crippen LogP) is -5.16. The monoisotopic (exact) mass is 238 g/mol. The maximum Gasteiger partial charge on any atom is 1.00 e. The first-order chi connectivity index (χ1) is 6.95. The van der Waals surface area contributed by atoms with E-state index in [4.69, 9.17) is 0 Å². The van der Waals surface area contributed by atoms with Crippen LogP contribution >= 0.6 is 0 Å². The van der Waals surface area contributed by atoms with Crippen LogP contribution in [0, 0.1) is 12.3 Å².